The van der Waals surface area contributed by atoms with Gasteiger partial charge in [-0.2, -0.15) is 8.78 Å². The van der Waals surface area contributed by atoms with Crippen LogP contribution in [0.1, 0.15) is 24.2 Å². The number of aromatic nitrogens is 3. The van der Waals surface area contributed by atoms with Crippen LogP contribution in [0.15, 0.2) is 54.9 Å². The van der Waals surface area contributed by atoms with Crippen LogP contribution in [0.25, 0.3) is 21.9 Å². The summed E-state index contributed by atoms with van der Waals surface area (Å²) in [6, 6.07) is 11.2. The average Bonchev–Trinajstić information content (AvgIpc) is 2.88. The van der Waals surface area contributed by atoms with E-state index in [-0.39, 0.29) is 23.7 Å². The highest BCUT2D eigenvalue weighted by atomic mass is 19.1. The van der Waals surface area contributed by atoms with Crippen molar-refractivity contribution in [1.29, 1.82) is 0 Å². The van der Waals surface area contributed by atoms with Gasteiger partial charge in [-0.25, -0.2) is 9.97 Å². The Morgan fingerprint density at radius 1 is 1.12 bits per heavy atom. The number of benzene rings is 1. The summed E-state index contributed by atoms with van der Waals surface area (Å²) in [5.41, 5.74) is 2.09. The fraction of sp³-hybridized carbons (Fsp3) is 0.160. The molecule has 0 bridgehead atoms. The smallest absolute Gasteiger partial charge is 0.244 e. The number of amides is 2. The fourth-order valence-corrected chi connectivity index (χ4v) is 4.22. The van der Waals surface area contributed by atoms with E-state index in [1.165, 1.54) is 17.2 Å². The standard InChI is InChI=1S/C25H19F2N5O2/c1-13-8-19-22(24(27)30-13)18-4-3-7-28-23(18)14(2)25(34)32(19)12-21(33)31-17-6-5-15-11-29-20(26)10-16(15)9-17/h3-11,14H,12H2,1-2H3,(H,31,33)/t14-/m1/s1. The summed E-state index contributed by atoms with van der Waals surface area (Å²) in [4.78, 5) is 39.5. The zero-order valence-corrected chi connectivity index (χ0v) is 18.3. The minimum absolute atomic E-state index is 0.132. The highest BCUT2D eigenvalue weighted by Crippen LogP contribution is 2.41. The average molecular weight is 459 g/mol. The van der Waals surface area contributed by atoms with Gasteiger partial charge >= 0.3 is 0 Å². The van der Waals surface area contributed by atoms with Crippen molar-refractivity contribution in [2.75, 3.05) is 16.8 Å². The van der Waals surface area contributed by atoms with Gasteiger partial charge < -0.3 is 10.2 Å². The van der Waals surface area contributed by atoms with Crippen molar-refractivity contribution in [2.45, 2.75) is 19.8 Å². The summed E-state index contributed by atoms with van der Waals surface area (Å²) >= 11 is 0. The molecule has 34 heavy (non-hydrogen) atoms. The van der Waals surface area contributed by atoms with E-state index in [9.17, 15) is 14.0 Å². The first-order valence-electron chi connectivity index (χ1n) is 10.6. The molecule has 170 valence electrons. The summed E-state index contributed by atoms with van der Waals surface area (Å²) in [5.74, 6) is -2.94. The number of nitrogens with one attached hydrogen (secondary N) is 1. The number of hydrogen-bond acceptors (Lipinski definition) is 5. The minimum atomic E-state index is -0.735. The highest BCUT2D eigenvalue weighted by Gasteiger charge is 2.35. The molecule has 9 heteroatoms. The SMILES string of the molecule is Cc1cc2c(c(F)n1)-c1cccnc1[C@@H](C)C(=O)N2CC(=O)Nc1ccc2cnc(F)cc2c1. The Morgan fingerprint density at radius 3 is 2.76 bits per heavy atom. The van der Waals surface area contributed by atoms with Crippen molar-refractivity contribution in [2.24, 2.45) is 0 Å². The number of fused-ring (bicyclic) bond motifs is 4. The second kappa shape index (κ2) is 8.26. The summed E-state index contributed by atoms with van der Waals surface area (Å²) in [6.07, 6.45) is 2.95. The Kier molecular flexibility index (Phi) is 5.24. The van der Waals surface area contributed by atoms with Gasteiger partial charge in [-0.3, -0.25) is 14.6 Å². The lowest BCUT2D eigenvalue weighted by molar-refractivity contribution is -0.122. The lowest BCUT2D eigenvalue weighted by Gasteiger charge is -2.24. The molecule has 1 N–H and O–H groups in total. The maximum absolute atomic E-state index is 15.1. The van der Waals surface area contributed by atoms with Crippen LogP contribution in [-0.4, -0.2) is 33.3 Å². The zero-order chi connectivity index (χ0) is 24.0. The molecular weight excluding hydrogens is 440 g/mol. The highest BCUT2D eigenvalue weighted by molar-refractivity contribution is 6.09. The van der Waals surface area contributed by atoms with E-state index in [1.807, 2.05) is 0 Å². The summed E-state index contributed by atoms with van der Waals surface area (Å²) in [5, 5.41) is 4.02. The molecule has 0 unspecified atom stereocenters. The number of nitrogens with zero attached hydrogens (tertiary/aromatic N) is 4. The lowest BCUT2D eigenvalue weighted by Crippen LogP contribution is -2.40. The van der Waals surface area contributed by atoms with E-state index in [4.69, 9.17) is 0 Å². The number of halogens is 2. The van der Waals surface area contributed by atoms with Crippen LogP contribution in [-0.2, 0) is 9.59 Å². The molecule has 0 saturated heterocycles. The molecule has 0 spiro atoms. The number of carbonyl (C=O) groups excluding carboxylic acids is 2. The number of carbonyl (C=O) groups is 2. The van der Waals surface area contributed by atoms with Crippen molar-refractivity contribution in [3.63, 3.8) is 0 Å². The topological polar surface area (TPSA) is 88.1 Å². The molecule has 7 nitrogen and oxygen atoms in total. The first-order valence-corrected chi connectivity index (χ1v) is 10.6. The van der Waals surface area contributed by atoms with E-state index in [0.717, 1.165) is 0 Å². The van der Waals surface area contributed by atoms with Crippen molar-refractivity contribution in [3.05, 3.63) is 78.1 Å². The van der Waals surface area contributed by atoms with Gasteiger partial charge in [-0.1, -0.05) is 12.1 Å². The van der Waals surface area contributed by atoms with Gasteiger partial charge in [0.2, 0.25) is 23.7 Å². The number of anilines is 2. The zero-order valence-electron chi connectivity index (χ0n) is 18.3. The second-order valence-corrected chi connectivity index (χ2v) is 8.15. The van der Waals surface area contributed by atoms with Crippen molar-refractivity contribution in [3.8, 4) is 11.1 Å². The quantitative estimate of drug-likeness (QED) is 0.460. The number of hydrogen-bond donors (Lipinski definition) is 1. The minimum Gasteiger partial charge on any atom is -0.325 e. The van der Waals surface area contributed by atoms with Crippen molar-refractivity contribution in [1.82, 2.24) is 15.0 Å². The molecule has 1 aliphatic heterocycles. The van der Waals surface area contributed by atoms with Crippen molar-refractivity contribution >= 4 is 34.0 Å². The van der Waals surface area contributed by atoms with Gasteiger partial charge in [0.15, 0.2) is 0 Å². The third kappa shape index (κ3) is 3.75. The molecule has 4 heterocycles. The first-order chi connectivity index (χ1) is 16.3. The van der Waals surface area contributed by atoms with Gasteiger partial charge in [0, 0.05) is 40.8 Å². The Hall–Kier alpha value is -4.27. The molecule has 0 aliphatic carbocycles. The van der Waals surface area contributed by atoms with Crippen LogP contribution < -0.4 is 10.2 Å². The Morgan fingerprint density at radius 2 is 1.94 bits per heavy atom. The van der Waals surface area contributed by atoms with E-state index >= 15 is 4.39 Å². The van der Waals surface area contributed by atoms with Gasteiger partial charge in [0.05, 0.1) is 22.9 Å². The number of aryl methyl sites for hydroxylation is 1. The second-order valence-electron chi connectivity index (χ2n) is 8.15. The molecule has 1 aliphatic rings. The maximum atomic E-state index is 15.1. The van der Waals surface area contributed by atoms with Gasteiger partial charge in [-0.05, 0) is 43.5 Å². The number of pyridine rings is 3. The van der Waals surface area contributed by atoms with E-state index < -0.39 is 23.7 Å². The third-order valence-electron chi connectivity index (χ3n) is 5.80. The van der Waals surface area contributed by atoms with Crippen LogP contribution >= 0.6 is 0 Å². The molecular formula is C25H19F2N5O2. The molecule has 0 radical (unpaired) electrons. The van der Waals surface area contributed by atoms with E-state index in [1.54, 1.807) is 56.4 Å². The van der Waals surface area contributed by atoms with Crippen LogP contribution in [0.2, 0.25) is 0 Å². The Balaban J connectivity index is 1.51. The van der Waals surface area contributed by atoms with Gasteiger partial charge in [-0.15, -0.1) is 0 Å². The fourth-order valence-electron chi connectivity index (χ4n) is 4.22. The third-order valence-corrected chi connectivity index (χ3v) is 5.80. The maximum Gasteiger partial charge on any atom is 0.244 e. The summed E-state index contributed by atoms with van der Waals surface area (Å²) in [7, 11) is 0. The normalized spacial score (nSPS) is 15.0. The van der Waals surface area contributed by atoms with Gasteiger partial charge in [0.1, 0.15) is 6.54 Å². The molecule has 1 atom stereocenters. The van der Waals surface area contributed by atoms with Crippen molar-refractivity contribution < 1.29 is 18.4 Å². The number of rotatable bonds is 3. The van der Waals surface area contributed by atoms with Crippen LogP contribution in [0.5, 0.6) is 0 Å². The Bertz CT molecular complexity index is 1470. The van der Waals surface area contributed by atoms with E-state index in [0.29, 0.717) is 33.4 Å². The largest absolute Gasteiger partial charge is 0.325 e. The molecule has 5 rings (SSSR count). The molecule has 0 fully saturated rings. The van der Waals surface area contributed by atoms with Crippen LogP contribution in [0.4, 0.5) is 20.2 Å². The molecule has 2 amide bonds. The van der Waals surface area contributed by atoms with Crippen LogP contribution in [0, 0.1) is 18.8 Å². The summed E-state index contributed by atoms with van der Waals surface area (Å²) < 4.78 is 28.6. The lowest BCUT2D eigenvalue weighted by atomic mass is 9.98. The molecule has 0 saturated carbocycles. The Labute approximate surface area is 193 Å². The predicted octanol–water partition coefficient (Wildman–Crippen LogP) is 4.37. The van der Waals surface area contributed by atoms with E-state index in [2.05, 4.69) is 20.3 Å². The molecule has 4 aromatic rings. The molecule has 1 aromatic carbocycles. The van der Waals surface area contributed by atoms with Gasteiger partial charge in [0.25, 0.3) is 0 Å². The first kappa shape index (κ1) is 21.6. The predicted molar refractivity (Wildman–Crippen MR) is 123 cm³/mol. The van der Waals surface area contributed by atoms with Crippen LogP contribution in [0.3, 0.4) is 0 Å². The monoisotopic (exact) mass is 459 g/mol. The molecule has 3 aromatic heterocycles. The summed E-state index contributed by atoms with van der Waals surface area (Å²) in [6.45, 7) is 2.94.